The summed E-state index contributed by atoms with van der Waals surface area (Å²) in [5.41, 5.74) is 2.27. The van der Waals surface area contributed by atoms with Gasteiger partial charge in [0.1, 0.15) is 0 Å². The molecule has 5 heteroatoms. The summed E-state index contributed by atoms with van der Waals surface area (Å²) in [6, 6.07) is 15.9. The molecule has 0 atom stereocenters. The smallest absolute Gasteiger partial charge is 0.221 e. The third kappa shape index (κ3) is 6.47. The van der Waals surface area contributed by atoms with Gasteiger partial charge in [0.05, 0.1) is 14.2 Å². The standard InChI is InChI=1S/C20H26N2O3/c1-24-18-9-8-17(14-19(18)25-2)15-22-20(23)11-13-21-12-10-16-6-4-3-5-7-16/h3-9,14,21H,10-13,15H2,1-2H3,(H,22,23). The van der Waals surface area contributed by atoms with Crippen LogP contribution in [-0.4, -0.2) is 33.2 Å². The molecule has 0 aliphatic carbocycles. The first-order valence-electron chi connectivity index (χ1n) is 8.45. The molecule has 0 bridgehead atoms. The van der Waals surface area contributed by atoms with Crippen molar-refractivity contribution in [2.75, 3.05) is 27.3 Å². The van der Waals surface area contributed by atoms with Crippen molar-refractivity contribution in [1.29, 1.82) is 0 Å². The number of rotatable bonds is 10. The zero-order chi connectivity index (χ0) is 17.9. The summed E-state index contributed by atoms with van der Waals surface area (Å²) in [6.07, 6.45) is 1.43. The molecule has 0 aliphatic heterocycles. The average molecular weight is 342 g/mol. The largest absolute Gasteiger partial charge is 0.493 e. The highest BCUT2D eigenvalue weighted by molar-refractivity contribution is 5.76. The molecular formula is C20H26N2O3. The Bertz CT molecular complexity index is 659. The Kier molecular flexibility index (Phi) is 7.79. The van der Waals surface area contributed by atoms with Gasteiger partial charge in [0, 0.05) is 19.5 Å². The van der Waals surface area contributed by atoms with Crippen molar-refractivity contribution in [1.82, 2.24) is 10.6 Å². The average Bonchev–Trinajstić information content (AvgIpc) is 2.66. The van der Waals surface area contributed by atoms with Crippen LogP contribution in [0.3, 0.4) is 0 Å². The molecule has 0 spiro atoms. The molecule has 0 saturated carbocycles. The highest BCUT2D eigenvalue weighted by Gasteiger charge is 2.06. The number of hydrogen-bond donors (Lipinski definition) is 2. The third-order valence-corrected chi connectivity index (χ3v) is 3.90. The molecule has 134 valence electrons. The first-order chi connectivity index (χ1) is 12.2. The minimum absolute atomic E-state index is 0.0296. The lowest BCUT2D eigenvalue weighted by Crippen LogP contribution is -2.28. The van der Waals surface area contributed by atoms with E-state index in [-0.39, 0.29) is 5.91 Å². The number of nitrogens with one attached hydrogen (secondary N) is 2. The van der Waals surface area contributed by atoms with Crippen LogP contribution in [0.4, 0.5) is 0 Å². The fraction of sp³-hybridized carbons (Fsp3) is 0.350. The van der Waals surface area contributed by atoms with Gasteiger partial charge in [-0.2, -0.15) is 0 Å². The van der Waals surface area contributed by atoms with Gasteiger partial charge in [-0.05, 0) is 36.2 Å². The second-order valence-electron chi connectivity index (χ2n) is 5.70. The monoisotopic (exact) mass is 342 g/mol. The number of carbonyl (C=O) groups is 1. The summed E-state index contributed by atoms with van der Waals surface area (Å²) in [7, 11) is 3.20. The lowest BCUT2D eigenvalue weighted by Gasteiger charge is -2.10. The third-order valence-electron chi connectivity index (χ3n) is 3.90. The van der Waals surface area contributed by atoms with E-state index in [0.29, 0.717) is 31.0 Å². The van der Waals surface area contributed by atoms with E-state index >= 15 is 0 Å². The van der Waals surface area contributed by atoms with Crippen molar-refractivity contribution >= 4 is 5.91 Å². The van der Waals surface area contributed by atoms with Crippen LogP contribution in [0.1, 0.15) is 17.5 Å². The van der Waals surface area contributed by atoms with Crippen LogP contribution >= 0.6 is 0 Å². The maximum Gasteiger partial charge on any atom is 0.221 e. The molecule has 25 heavy (non-hydrogen) atoms. The Morgan fingerprint density at radius 2 is 1.68 bits per heavy atom. The molecule has 0 aromatic heterocycles. The number of hydrogen-bond acceptors (Lipinski definition) is 4. The fourth-order valence-corrected chi connectivity index (χ4v) is 2.48. The molecule has 2 aromatic carbocycles. The Balaban J connectivity index is 1.64. The fourth-order valence-electron chi connectivity index (χ4n) is 2.48. The zero-order valence-corrected chi connectivity index (χ0v) is 14.9. The summed E-state index contributed by atoms with van der Waals surface area (Å²) in [4.78, 5) is 11.9. The summed E-state index contributed by atoms with van der Waals surface area (Å²) in [5.74, 6) is 1.37. The number of amides is 1. The van der Waals surface area contributed by atoms with E-state index in [1.165, 1.54) is 5.56 Å². The Labute approximate surface area is 149 Å². The molecule has 2 N–H and O–H groups in total. The van der Waals surface area contributed by atoms with Crippen LogP contribution < -0.4 is 20.1 Å². The topological polar surface area (TPSA) is 59.6 Å². The molecular weight excluding hydrogens is 316 g/mol. The second kappa shape index (κ2) is 10.4. The van der Waals surface area contributed by atoms with E-state index < -0.39 is 0 Å². The van der Waals surface area contributed by atoms with Crippen molar-refractivity contribution in [3.8, 4) is 11.5 Å². The number of benzene rings is 2. The molecule has 5 nitrogen and oxygen atoms in total. The first-order valence-corrected chi connectivity index (χ1v) is 8.45. The van der Waals surface area contributed by atoms with Crippen LogP contribution in [-0.2, 0) is 17.8 Å². The molecule has 0 radical (unpaired) electrons. The first kappa shape index (κ1) is 18.8. The van der Waals surface area contributed by atoms with Gasteiger partial charge in [-0.1, -0.05) is 36.4 Å². The number of carbonyl (C=O) groups excluding carboxylic acids is 1. The zero-order valence-electron chi connectivity index (χ0n) is 14.9. The van der Waals surface area contributed by atoms with Gasteiger partial charge in [0.25, 0.3) is 0 Å². The van der Waals surface area contributed by atoms with Crippen molar-refractivity contribution in [2.24, 2.45) is 0 Å². The molecule has 0 heterocycles. The van der Waals surface area contributed by atoms with Crippen molar-refractivity contribution in [3.05, 3.63) is 59.7 Å². The molecule has 0 saturated heterocycles. The van der Waals surface area contributed by atoms with Crippen LogP contribution in [0, 0.1) is 0 Å². The molecule has 0 fully saturated rings. The summed E-state index contributed by atoms with van der Waals surface area (Å²) in [6.45, 7) is 2.01. The van der Waals surface area contributed by atoms with Gasteiger partial charge in [0.15, 0.2) is 11.5 Å². The molecule has 2 rings (SSSR count). The quantitative estimate of drug-likeness (QED) is 0.652. The molecule has 0 unspecified atom stereocenters. The van der Waals surface area contributed by atoms with Crippen molar-refractivity contribution in [2.45, 2.75) is 19.4 Å². The van der Waals surface area contributed by atoms with E-state index in [1.807, 2.05) is 36.4 Å². The van der Waals surface area contributed by atoms with Gasteiger partial charge in [0.2, 0.25) is 5.91 Å². The second-order valence-corrected chi connectivity index (χ2v) is 5.70. The lowest BCUT2D eigenvalue weighted by molar-refractivity contribution is -0.121. The minimum atomic E-state index is 0.0296. The van der Waals surface area contributed by atoms with Crippen LogP contribution in [0.25, 0.3) is 0 Å². The Hall–Kier alpha value is -2.53. The SMILES string of the molecule is COc1ccc(CNC(=O)CCNCCc2ccccc2)cc1OC. The van der Waals surface area contributed by atoms with Gasteiger partial charge in [-0.15, -0.1) is 0 Å². The summed E-state index contributed by atoms with van der Waals surface area (Å²) < 4.78 is 10.5. The Morgan fingerprint density at radius 3 is 2.40 bits per heavy atom. The van der Waals surface area contributed by atoms with Gasteiger partial charge in [-0.25, -0.2) is 0 Å². The molecule has 0 aliphatic rings. The number of ether oxygens (including phenoxy) is 2. The highest BCUT2D eigenvalue weighted by atomic mass is 16.5. The van der Waals surface area contributed by atoms with E-state index in [1.54, 1.807) is 14.2 Å². The normalized spacial score (nSPS) is 10.3. The van der Waals surface area contributed by atoms with Crippen LogP contribution in [0.5, 0.6) is 11.5 Å². The minimum Gasteiger partial charge on any atom is -0.493 e. The molecule has 1 amide bonds. The van der Waals surface area contributed by atoms with E-state index in [9.17, 15) is 4.79 Å². The summed E-state index contributed by atoms with van der Waals surface area (Å²) >= 11 is 0. The van der Waals surface area contributed by atoms with Crippen molar-refractivity contribution < 1.29 is 14.3 Å². The van der Waals surface area contributed by atoms with Crippen LogP contribution in [0.15, 0.2) is 48.5 Å². The summed E-state index contributed by atoms with van der Waals surface area (Å²) in [5, 5.41) is 6.22. The maximum absolute atomic E-state index is 11.9. The van der Waals surface area contributed by atoms with E-state index in [0.717, 1.165) is 18.5 Å². The van der Waals surface area contributed by atoms with E-state index in [2.05, 4.69) is 22.8 Å². The maximum atomic E-state index is 11.9. The van der Waals surface area contributed by atoms with Gasteiger partial charge in [-0.3, -0.25) is 4.79 Å². The lowest BCUT2D eigenvalue weighted by atomic mass is 10.1. The molecule has 2 aromatic rings. The van der Waals surface area contributed by atoms with Gasteiger partial charge < -0.3 is 20.1 Å². The van der Waals surface area contributed by atoms with Crippen LogP contribution in [0.2, 0.25) is 0 Å². The van der Waals surface area contributed by atoms with E-state index in [4.69, 9.17) is 9.47 Å². The predicted molar refractivity (Wildman–Crippen MR) is 99.0 cm³/mol. The Morgan fingerprint density at radius 1 is 0.920 bits per heavy atom. The predicted octanol–water partition coefficient (Wildman–Crippen LogP) is 2.54. The highest BCUT2D eigenvalue weighted by Crippen LogP contribution is 2.27. The van der Waals surface area contributed by atoms with Crippen molar-refractivity contribution in [3.63, 3.8) is 0 Å². The number of methoxy groups -OCH3 is 2. The van der Waals surface area contributed by atoms with Gasteiger partial charge >= 0.3 is 0 Å².